The minimum absolute atomic E-state index is 0.996. The highest BCUT2D eigenvalue weighted by molar-refractivity contribution is 14.1. The lowest BCUT2D eigenvalue weighted by atomic mass is 10.1. The average molecular weight is 388 g/mol. The molecule has 21 heavy (non-hydrogen) atoms. The molecule has 106 valence electrons. The van der Waals surface area contributed by atoms with Gasteiger partial charge < -0.3 is 4.57 Å². The molecule has 0 aliphatic carbocycles. The summed E-state index contributed by atoms with van der Waals surface area (Å²) in [5, 5.41) is 0. The lowest BCUT2D eigenvalue weighted by molar-refractivity contribution is 0.648. The highest BCUT2D eigenvalue weighted by Gasteiger charge is 2.05. The summed E-state index contributed by atoms with van der Waals surface area (Å²) >= 11 is 2.32. The number of hydrogen-bond donors (Lipinski definition) is 0. The smallest absolute Gasteiger partial charge is 0.139 e. The predicted molar refractivity (Wildman–Crippen MR) is 95.1 cm³/mol. The van der Waals surface area contributed by atoms with Gasteiger partial charge in [-0.25, -0.2) is 4.98 Å². The van der Waals surface area contributed by atoms with Crippen LogP contribution >= 0.6 is 22.6 Å². The van der Waals surface area contributed by atoms with Gasteiger partial charge in [-0.05, 0) is 53.1 Å². The molecular weight excluding hydrogens is 371 g/mol. The summed E-state index contributed by atoms with van der Waals surface area (Å²) in [5.41, 5.74) is 2.58. The van der Waals surface area contributed by atoms with E-state index in [9.17, 15) is 0 Å². The summed E-state index contributed by atoms with van der Waals surface area (Å²) in [7, 11) is 0. The van der Waals surface area contributed by atoms with E-state index < -0.39 is 0 Å². The number of hydrogen-bond acceptors (Lipinski definition) is 1. The van der Waals surface area contributed by atoms with E-state index in [1.165, 1.54) is 14.7 Å². The van der Waals surface area contributed by atoms with Gasteiger partial charge in [-0.1, -0.05) is 42.5 Å². The van der Waals surface area contributed by atoms with Crippen molar-refractivity contribution in [3.8, 4) is 11.4 Å². The van der Waals surface area contributed by atoms with Crippen LogP contribution in [-0.2, 0) is 13.0 Å². The van der Waals surface area contributed by atoms with Crippen LogP contribution in [0.25, 0.3) is 11.4 Å². The van der Waals surface area contributed by atoms with Crippen LogP contribution < -0.4 is 0 Å². The molecular formula is C18H17IN2. The Morgan fingerprint density at radius 3 is 2.48 bits per heavy atom. The first-order valence-corrected chi connectivity index (χ1v) is 8.22. The topological polar surface area (TPSA) is 17.8 Å². The third-order valence-electron chi connectivity index (χ3n) is 3.53. The minimum Gasteiger partial charge on any atom is -0.331 e. The summed E-state index contributed by atoms with van der Waals surface area (Å²) in [6.45, 7) is 0.996. The Labute approximate surface area is 139 Å². The largest absolute Gasteiger partial charge is 0.331 e. The van der Waals surface area contributed by atoms with Crippen LogP contribution in [0.1, 0.15) is 12.0 Å². The van der Waals surface area contributed by atoms with Crippen LogP contribution in [0.2, 0.25) is 0 Å². The summed E-state index contributed by atoms with van der Waals surface area (Å²) in [6.07, 6.45) is 6.18. The van der Waals surface area contributed by atoms with E-state index in [1.54, 1.807) is 0 Å². The average Bonchev–Trinajstić information content (AvgIpc) is 2.98. The van der Waals surface area contributed by atoms with Crippen molar-refractivity contribution in [3.05, 3.63) is 76.1 Å². The number of aryl methyl sites for hydroxylation is 2. The molecule has 0 saturated carbocycles. The van der Waals surface area contributed by atoms with Gasteiger partial charge in [0.2, 0.25) is 0 Å². The number of benzene rings is 2. The highest BCUT2D eigenvalue weighted by Crippen LogP contribution is 2.19. The Morgan fingerprint density at radius 2 is 1.71 bits per heavy atom. The number of halogens is 1. The van der Waals surface area contributed by atoms with E-state index in [1.807, 2.05) is 6.20 Å². The fraction of sp³-hybridized carbons (Fsp3) is 0.167. The van der Waals surface area contributed by atoms with Crippen molar-refractivity contribution in [2.45, 2.75) is 19.4 Å². The van der Waals surface area contributed by atoms with Crippen LogP contribution in [0, 0.1) is 3.57 Å². The quantitative estimate of drug-likeness (QED) is 0.575. The zero-order valence-electron chi connectivity index (χ0n) is 11.7. The molecule has 0 aliphatic heterocycles. The molecule has 0 fully saturated rings. The van der Waals surface area contributed by atoms with Crippen LogP contribution in [-0.4, -0.2) is 9.55 Å². The molecule has 0 N–H and O–H groups in total. The molecule has 0 unspecified atom stereocenters. The summed E-state index contributed by atoms with van der Waals surface area (Å²) < 4.78 is 3.49. The maximum Gasteiger partial charge on any atom is 0.139 e. The maximum atomic E-state index is 4.50. The number of rotatable bonds is 5. The van der Waals surface area contributed by atoms with Crippen molar-refractivity contribution in [3.63, 3.8) is 0 Å². The predicted octanol–water partition coefficient (Wildman–Crippen LogP) is 4.79. The van der Waals surface area contributed by atoms with Gasteiger partial charge in [0, 0.05) is 28.1 Å². The van der Waals surface area contributed by atoms with Crippen LogP contribution in [0.15, 0.2) is 67.0 Å². The molecule has 0 amide bonds. The molecule has 3 rings (SSSR count). The van der Waals surface area contributed by atoms with Gasteiger partial charge in [0.1, 0.15) is 5.82 Å². The van der Waals surface area contributed by atoms with Crippen molar-refractivity contribution in [1.29, 1.82) is 0 Å². The SMILES string of the molecule is Ic1ccc(-c2nccn2CCCc2ccccc2)cc1. The molecule has 2 aromatic carbocycles. The summed E-state index contributed by atoms with van der Waals surface area (Å²) in [4.78, 5) is 4.50. The minimum atomic E-state index is 0.996. The Hall–Kier alpha value is -1.62. The Kier molecular flexibility index (Phi) is 4.70. The third kappa shape index (κ3) is 3.73. The maximum absolute atomic E-state index is 4.50. The normalized spacial score (nSPS) is 10.7. The summed E-state index contributed by atoms with van der Waals surface area (Å²) in [5.74, 6) is 1.06. The summed E-state index contributed by atoms with van der Waals surface area (Å²) in [6, 6.07) is 19.2. The molecule has 0 aliphatic rings. The second kappa shape index (κ2) is 6.89. The van der Waals surface area contributed by atoms with Gasteiger partial charge in [0.25, 0.3) is 0 Å². The van der Waals surface area contributed by atoms with Crippen LogP contribution in [0.4, 0.5) is 0 Å². The number of aromatic nitrogens is 2. The van der Waals surface area contributed by atoms with Gasteiger partial charge in [0.15, 0.2) is 0 Å². The zero-order valence-corrected chi connectivity index (χ0v) is 13.9. The van der Waals surface area contributed by atoms with Gasteiger partial charge >= 0.3 is 0 Å². The van der Waals surface area contributed by atoms with Gasteiger partial charge in [0.05, 0.1) is 0 Å². The fourth-order valence-electron chi connectivity index (χ4n) is 2.45. The first-order chi connectivity index (χ1) is 10.3. The van der Waals surface area contributed by atoms with E-state index in [2.05, 4.69) is 92.9 Å². The monoisotopic (exact) mass is 388 g/mol. The van der Waals surface area contributed by atoms with Gasteiger partial charge in [-0.15, -0.1) is 0 Å². The second-order valence-electron chi connectivity index (χ2n) is 5.04. The third-order valence-corrected chi connectivity index (χ3v) is 4.24. The Bertz CT molecular complexity index is 687. The standard InChI is InChI=1S/C18H17IN2/c19-17-10-8-16(9-11-17)18-20-12-14-21(18)13-4-7-15-5-2-1-3-6-15/h1-3,5-6,8-12,14H,4,7,13H2. The van der Waals surface area contributed by atoms with Crippen LogP contribution in [0.3, 0.4) is 0 Å². The van der Waals surface area contributed by atoms with Crippen LogP contribution in [0.5, 0.6) is 0 Å². The van der Waals surface area contributed by atoms with Gasteiger partial charge in [-0.3, -0.25) is 0 Å². The van der Waals surface area contributed by atoms with E-state index in [0.717, 1.165) is 25.2 Å². The lowest BCUT2D eigenvalue weighted by Gasteiger charge is -2.08. The molecule has 3 heteroatoms. The molecule has 0 radical (unpaired) electrons. The van der Waals surface area contributed by atoms with Gasteiger partial charge in [-0.2, -0.15) is 0 Å². The molecule has 1 heterocycles. The molecule has 0 saturated heterocycles. The lowest BCUT2D eigenvalue weighted by Crippen LogP contribution is -2.01. The number of nitrogens with zero attached hydrogens (tertiary/aromatic N) is 2. The van der Waals surface area contributed by atoms with Crippen molar-refractivity contribution < 1.29 is 0 Å². The molecule has 2 nitrogen and oxygen atoms in total. The second-order valence-corrected chi connectivity index (χ2v) is 6.29. The fourth-order valence-corrected chi connectivity index (χ4v) is 2.81. The van der Waals surface area contributed by atoms with E-state index in [-0.39, 0.29) is 0 Å². The highest BCUT2D eigenvalue weighted by atomic mass is 127. The van der Waals surface area contributed by atoms with Crippen molar-refractivity contribution >= 4 is 22.6 Å². The Morgan fingerprint density at radius 1 is 0.952 bits per heavy atom. The van der Waals surface area contributed by atoms with Crippen molar-refractivity contribution in [2.24, 2.45) is 0 Å². The van der Waals surface area contributed by atoms with E-state index in [0.29, 0.717) is 0 Å². The molecule has 3 aromatic rings. The first kappa shape index (κ1) is 14.3. The number of imidazole rings is 1. The zero-order chi connectivity index (χ0) is 14.5. The first-order valence-electron chi connectivity index (χ1n) is 7.14. The van der Waals surface area contributed by atoms with Crippen molar-refractivity contribution in [2.75, 3.05) is 0 Å². The molecule has 0 atom stereocenters. The van der Waals surface area contributed by atoms with E-state index >= 15 is 0 Å². The van der Waals surface area contributed by atoms with E-state index in [4.69, 9.17) is 0 Å². The Balaban J connectivity index is 1.67. The van der Waals surface area contributed by atoms with Crippen molar-refractivity contribution in [1.82, 2.24) is 9.55 Å². The molecule has 0 bridgehead atoms. The molecule has 0 spiro atoms. The molecule has 1 aromatic heterocycles.